The molecule has 0 aromatic carbocycles. The van der Waals surface area contributed by atoms with Gasteiger partial charge in [-0.3, -0.25) is 0 Å². The van der Waals surface area contributed by atoms with Gasteiger partial charge in [-0.05, 0) is 25.7 Å². The van der Waals surface area contributed by atoms with Gasteiger partial charge in [-0.15, -0.1) is 0 Å². The first-order valence-corrected chi connectivity index (χ1v) is 4.10. The van der Waals surface area contributed by atoms with Crippen molar-refractivity contribution in [2.75, 3.05) is 7.11 Å². The highest BCUT2D eigenvalue weighted by atomic mass is 16.6. The Morgan fingerprint density at radius 2 is 2.17 bits per heavy atom. The van der Waals surface area contributed by atoms with E-state index >= 15 is 0 Å². The van der Waals surface area contributed by atoms with Crippen LogP contribution in [0.2, 0.25) is 0 Å². The summed E-state index contributed by atoms with van der Waals surface area (Å²) >= 11 is 0. The summed E-state index contributed by atoms with van der Waals surface area (Å²) in [6.07, 6.45) is 5.72. The summed E-state index contributed by atoms with van der Waals surface area (Å²) in [6.45, 7) is 0. The average Bonchev–Trinajstić information content (AvgIpc) is 2.57. The summed E-state index contributed by atoms with van der Waals surface area (Å²) in [4.78, 5) is 15.6. The molecule has 0 saturated heterocycles. The molecular formula is C8H13NO3. The number of ether oxygens (including phenoxy) is 1. The highest BCUT2D eigenvalue weighted by molar-refractivity contribution is 6.22. The van der Waals surface area contributed by atoms with E-state index < -0.39 is 5.97 Å². The lowest BCUT2D eigenvalue weighted by Gasteiger charge is -2.04. The van der Waals surface area contributed by atoms with Crippen molar-refractivity contribution in [2.45, 2.75) is 31.8 Å². The molecule has 1 rings (SSSR count). The van der Waals surface area contributed by atoms with Crippen molar-refractivity contribution in [3.05, 3.63) is 0 Å². The fourth-order valence-corrected chi connectivity index (χ4v) is 1.21. The predicted octanol–water partition coefficient (Wildman–Crippen LogP) is 1.10. The molecule has 1 aliphatic rings. The maximum Gasteiger partial charge on any atom is 0.352 e. The van der Waals surface area contributed by atoms with Crippen molar-refractivity contribution in [1.29, 1.82) is 0 Å². The van der Waals surface area contributed by atoms with Crippen LogP contribution in [-0.2, 0) is 14.4 Å². The van der Waals surface area contributed by atoms with Gasteiger partial charge in [0.1, 0.15) is 6.10 Å². The van der Waals surface area contributed by atoms with Crippen LogP contribution in [0.15, 0.2) is 5.16 Å². The highest BCUT2D eigenvalue weighted by Crippen LogP contribution is 2.20. The number of carbonyl (C=O) groups excluding carboxylic acids is 1. The second-order valence-corrected chi connectivity index (χ2v) is 2.77. The molecule has 0 aromatic rings. The zero-order chi connectivity index (χ0) is 8.81. The number of esters is 1. The Morgan fingerprint density at radius 1 is 1.50 bits per heavy atom. The maximum atomic E-state index is 10.5. The predicted molar refractivity (Wildman–Crippen MR) is 43.8 cm³/mol. The van der Waals surface area contributed by atoms with E-state index in [0.29, 0.717) is 0 Å². The smallest absolute Gasteiger partial charge is 0.352 e. The topological polar surface area (TPSA) is 47.9 Å². The monoisotopic (exact) mass is 171 g/mol. The van der Waals surface area contributed by atoms with E-state index in [1.807, 2.05) is 0 Å². The number of nitrogens with zero attached hydrogens (tertiary/aromatic N) is 1. The molecule has 4 nitrogen and oxygen atoms in total. The van der Waals surface area contributed by atoms with Crippen molar-refractivity contribution in [2.24, 2.45) is 5.16 Å². The molecule has 1 aliphatic carbocycles. The van der Waals surface area contributed by atoms with Gasteiger partial charge >= 0.3 is 5.97 Å². The van der Waals surface area contributed by atoms with Crippen LogP contribution in [0.25, 0.3) is 0 Å². The van der Waals surface area contributed by atoms with Gasteiger partial charge in [0.25, 0.3) is 0 Å². The van der Waals surface area contributed by atoms with Crippen molar-refractivity contribution in [1.82, 2.24) is 0 Å². The first kappa shape index (κ1) is 9.03. The second kappa shape index (κ2) is 4.74. The third-order valence-corrected chi connectivity index (χ3v) is 1.87. The van der Waals surface area contributed by atoms with Crippen LogP contribution in [0.3, 0.4) is 0 Å². The third kappa shape index (κ3) is 2.90. The lowest BCUT2D eigenvalue weighted by molar-refractivity contribution is -0.132. The summed E-state index contributed by atoms with van der Waals surface area (Å²) in [5.74, 6) is -0.479. The van der Waals surface area contributed by atoms with E-state index in [2.05, 4.69) is 9.89 Å². The van der Waals surface area contributed by atoms with Gasteiger partial charge < -0.3 is 9.57 Å². The Bertz CT molecular complexity index is 173. The number of hydrogen-bond donors (Lipinski definition) is 0. The van der Waals surface area contributed by atoms with Crippen LogP contribution in [0.1, 0.15) is 25.7 Å². The molecule has 1 fully saturated rings. The molecule has 0 aromatic heterocycles. The number of hydrogen-bond acceptors (Lipinski definition) is 4. The van der Waals surface area contributed by atoms with Gasteiger partial charge in [0.05, 0.1) is 7.11 Å². The van der Waals surface area contributed by atoms with Crippen LogP contribution >= 0.6 is 0 Å². The van der Waals surface area contributed by atoms with Crippen molar-refractivity contribution in [3.63, 3.8) is 0 Å². The minimum atomic E-state index is -0.479. The Kier molecular flexibility index (Phi) is 3.57. The third-order valence-electron chi connectivity index (χ3n) is 1.87. The Labute approximate surface area is 71.5 Å². The van der Waals surface area contributed by atoms with E-state index in [9.17, 15) is 4.79 Å². The van der Waals surface area contributed by atoms with Gasteiger partial charge in [0, 0.05) is 0 Å². The molecule has 0 atom stereocenters. The van der Waals surface area contributed by atoms with Crippen molar-refractivity contribution in [3.8, 4) is 0 Å². The van der Waals surface area contributed by atoms with Crippen LogP contribution in [0.5, 0.6) is 0 Å². The van der Waals surface area contributed by atoms with E-state index in [-0.39, 0.29) is 6.10 Å². The zero-order valence-corrected chi connectivity index (χ0v) is 7.16. The fourth-order valence-electron chi connectivity index (χ4n) is 1.21. The quantitative estimate of drug-likeness (QED) is 0.363. The Hall–Kier alpha value is -1.06. The number of oxime groups is 1. The normalized spacial score (nSPS) is 18.4. The van der Waals surface area contributed by atoms with Crippen molar-refractivity contribution < 1.29 is 14.4 Å². The lowest BCUT2D eigenvalue weighted by Crippen LogP contribution is -2.06. The molecule has 0 radical (unpaired) electrons. The first-order chi connectivity index (χ1) is 5.83. The summed E-state index contributed by atoms with van der Waals surface area (Å²) in [5, 5.41) is 3.52. The van der Waals surface area contributed by atoms with Gasteiger partial charge in [-0.25, -0.2) is 4.79 Å². The lowest BCUT2D eigenvalue weighted by atomic mass is 10.3. The Morgan fingerprint density at radius 3 is 2.75 bits per heavy atom. The average molecular weight is 171 g/mol. The standard InChI is InChI=1S/C8H13NO3/c1-11-8(10)6-9-12-7-4-2-3-5-7/h6-7H,2-5H2,1H3/b9-6+. The molecule has 0 N–H and O–H groups in total. The fraction of sp³-hybridized carbons (Fsp3) is 0.750. The van der Waals surface area contributed by atoms with E-state index in [1.54, 1.807) is 0 Å². The molecule has 1 saturated carbocycles. The van der Waals surface area contributed by atoms with E-state index in [4.69, 9.17) is 4.84 Å². The molecule has 12 heavy (non-hydrogen) atoms. The molecule has 0 spiro atoms. The van der Waals surface area contributed by atoms with Crippen LogP contribution in [0.4, 0.5) is 0 Å². The molecule has 0 heterocycles. The Balaban J connectivity index is 2.15. The van der Waals surface area contributed by atoms with Crippen LogP contribution in [0, 0.1) is 0 Å². The minimum absolute atomic E-state index is 0.200. The van der Waals surface area contributed by atoms with E-state index in [0.717, 1.165) is 19.1 Å². The molecule has 4 heteroatoms. The summed E-state index contributed by atoms with van der Waals surface area (Å²) < 4.78 is 4.35. The zero-order valence-electron chi connectivity index (χ0n) is 7.16. The largest absolute Gasteiger partial charge is 0.465 e. The van der Waals surface area contributed by atoms with Gasteiger partial charge in [-0.2, -0.15) is 0 Å². The molecule has 68 valence electrons. The maximum absolute atomic E-state index is 10.5. The number of methoxy groups -OCH3 is 1. The van der Waals surface area contributed by atoms with Gasteiger partial charge in [0.2, 0.25) is 0 Å². The number of carbonyl (C=O) groups is 1. The number of rotatable bonds is 3. The van der Waals surface area contributed by atoms with Crippen LogP contribution < -0.4 is 0 Å². The van der Waals surface area contributed by atoms with Crippen molar-refractivity contribution >= 4 is 12.2 Å². The molecule has 0 unspecified atom stereocenters. The summed E-state index contributed by atoms with van der Waals surface area (Å²) in [5.41, 5.74) is 0. The van der Waals surface area contributed by atoms with Crippen LogP contribution in [-0.4, -0.2) is 25.4 Å². The SMILES string of the molecule is COC(=O)/C=N/OC1CCCC1. The summed E-state index contributed by atoms with van der Waals surface area (Å²) in [6, 6.07) is 0. The summed E-state index contributed by atoms with van der Waals surface area (Å²) in [7, 11) is 1.31. The van der Waals surface area contributed by atoms with E-state index in [1.165, 1.54) is 20.0 Å². The molecule has 0 bridgehead atoms. The van der Waals surface area contributed by atoms with Gasteiger partial charge in [0.15, 0.2) is 6.21 Å². The van der Waals surface area contributed by atoms with Gasteiger partial charge in [-0.1, -0.05) is 5.16 Å². The highest BCUT2D eigenvalue weighted by Gasteiger charge is 2.15. The molecular weight excluding hydrogens is 158 g/mol. The first-order valence-electron chi connectivity index (χ1n) is 4.10. The molecule has 0 amide bonds. The second-order valence-electron chi connectivity index (χ2n) is 2.77. The minimum Gasteiger partial charge on any atom is -0.465 e. The molecule has 0 aliphatic heterocycles.